The van der Waals surface area contributed by atoms with Gasteiger partial charge in [0.15, 0.2) is 0 Å². The normalized spacial score (nSPS) is 12.5. The molecule has 1 N–H and O–H groups in total. The van der Waals surface area contributed by atoms with E-state index in [2.05, 4.69) is 52.2 Å². The minimum absolute atomic E-state index is 0.345. The van der Waals surface area contributed by atoms with Gasteiger partial charge in [0.25, 0.3) is 0 Å². The van der Waals surface area contributed by atoms with Crippen molar-refractivity contribution in [3.05, 3.63) is 47.0 Å². The Hall–Kier alpha value is -1.26. The smallest absolute Gasteiger partial charge is 0.0924 e. The summed E-state index contributed by atoms with van der Waals surface area (Å²) in [6.45, 7) is 3.09. The minimum Gasteiger partial charge on any atom is -0.309 e. The molecule has 1 atom stereocenters. The standard InChI is InChI=1S/C14H19N3S/c1-2-15-13(14-11-18-17-16-14)10-6-9-12-7-4-3-5-8-12/h3-5,7-8,11,13,15H,2,6,9-10H2,1H3. The molecule has 1 aromatic heterocycles. The van der Waals surface area contributed by atoms with Gasteiger partial charge < -0.3 is 5.32 Å². The molecule has 1 heterocycles. The lowest BCUT2D eigenvalue weighted by Crippen LogP contribution is -2.21. The van der Waals surface area contributed by atoms with Crippen LogP contribution in [0.15, 0.2) is 35.7 Å². The summed E-state index contributed by atoms with van der Waals surface area (Å²) in [4.78, 5) is 0. The maximum atomic E-state index is 4.17. The van der Waals surface area contributed by atoms with Crippen LogP contribution in [0.25, 0.3) is 0 Å². The summed E-state index contributed by atoms with van der Waals surface area (Å²) in [5.74, 6) is 0. The van der Waals surface area contributed by atoms with Crippen molar-refractivity contribution < 1.29 is 0 Å². The molecule has 96 valence electrons. The summed E-state index contributed by atoms with van der Waals surface area (Å²) in [5.41, 5.74) is 2.49. The summed E-state index contributed by atoms with van der Waals surface area (Å²) >= 11 is 1.42. The Morgan fingerprint density at radius 1 is 1.28 bits per heavy atom. The Kier molecular flexibility index (Phi) is 5.30. The van der Waals surface area contributed by atoms with Crippen LogP contribution < -0.4 is 5.32 Å². The molecule has 0 bridgehead atoms. The Bertz CT molecular complexity index is 428. The largest absolute Gasteiger partial charge is 0.309 e. The predicted octanol–water partition coefficient (Wildman–Crippen LogP) is 3.21. The molecule has 0 radical (unpaired) electrons. The van der Waals surface area contributed by atoms with Crippen molar-refractivity contribution >= 4 is 11.5 Å². The van der Waals surface area contributed by atoms with E-state index >= 15 is 0 Å². The highest BCUT2D eigenvalue weighted by atomic mass is 32.1. The topological polar surface area (TPSA) is 37.8 Å². The zero-order valence-corrected chi connectivity index (χ0v) is 11.5. The summed E-state index contributed by atoms with van der Waals surface area (Å²) in [7, 11) is 0. The second-order valence-electron chi connectivity index (χ2n) is 4.32. The first kappa shape index (κ1) is 13.2. The molecule has 0 fully saturated rings. The van der Waals surface area contributed by atoms with E-state index in [1.807, 2.05) is 5.38 Å². The van der Waals surface area contributed by atoms with Gasteiger partial charge in [-0.2, -0.15) is 0 Å². The van der Waals surface area contributed by atoms with E-state index in [9.17, 15) is 0 Å². The maximum Gasteiger partial charge on any atom is 0.0924 e. The Balaban J connectivity index is 1.83. The van der Waals surface area contributed by atoms with Gasteiger partial charge in [0.2, 0.25) is 0 Å². The quantitative estimate of drug-likeness (QED) is 0.831. The number of hydrogen-bond donors (Lipinski definition) is 1. The van der Waals surface area contributed by atoms with E-state index in [-0.39, 0.29) is 0 Å². The Labute approximate surface area is 112 Å². The van der Waals surface area contributed by atoms with Crippen molar-refractivity contribution in [2.45, 2.75) is 32.2 Å². The number of aryl methyl sites for hydroxylation is 1. The molecule has 0 aliphatic heterocycles. The fourth-order valence-corrected chi connectivity index (χ4v) is 2.59. The third-order valence-electron chi connectivity index (χ3n) is 2.99. The van der Waals surface area contributed by atoms with Gasteiger partial charge in [-0.05, 0) is 42.9 Å². The lowest BCUT2D eigenvalue weighted by molar-refractivity contribution is 0.487. The van der Waals surface area contributed by atoms with Crippen LogP contribution in [0.5, 0.6) is 0 Å². The first-order valence-electron chi connectivity index (χ1n) is 6.44. The molecular weight excluding hydrogens is 242 g/mol. The Morgan fingerprint density at radius 3 is 2.78 bits per heavy atom. The number of nitrogens with zero attached hydrogens (tertiary/aromatic N) is 2. The molecule has 0 aliphatic carbocycles. The zero-order valence-electron chi connectivity index (χ0n) is 10.7. The van der Waals surface area contributed by atoms with Crippen LogP contribution in [0.2, 0.25) is 0 Å². The maximum absolute atomic E-state index is 4.17. The van der Waals surface area contributed by atoms with E-state index < -0.39 is 0 Å². The fraction of sp³-hybridized carbons (Fsp3) is 0.429. The van der Waals surface area contributed by atoms with Crippen LogP contribution >= 0.6 is 11.5 Å². The first-order valence-corrected chi connectivity index (χ1v) is 7.28. The molecule has 0 saturated heterocycles. The highest BCUT2D eigenvalue weighted by molar-refractivity contribution is 7.03. The zero-order chi connectivity index (χ0) is 12.6. The van der Waals surface area contributed by atoms with Gasteiger partial charge in [-0.1, -0.05) is 41.7 Å². The van der Waals surface area contributed by atoms with Crippen molar-refractivity contribution in [2.24, 2.45) is 0 Å². The third kappa shape index (κ3) is 3.89. The average molecular weight is 261 g/mol. The van der Waals surface area contributed by atoms with Gasteiger partial charge in [0.05, 0.1) is 11.7 Å². The van der Waals surface area contributed by atoms with E-state index in [1.54, 1.807) is 0 Å². The predicted molar refractivity (Wildman–Crippen MR) is 75.7 cm³/mol. The molecule has 2 aromatic rings. The SMILES string of the molecule is CCNC(CCCc1ccccc1)c1csnn1. The van der Waals surface area contributed by atoms with Crippen LogP contribution in [0.3, 0.4) is 0 Å². The van der Waals surface area contributed by atoms with Crippen molar-refractivity contribution in [2.75, 3.05) is 6.54 Å². The van der Waals surface area contributed by atoms with E-state index in [1.165, 1.54) is 23.5 Å². The van der Waals surface area contributed by atoms with Crippen molar-refractivity contribution in [3.8, 4) is 0 Å². The van der Waals surface area contributed by atoms with Crippen molar-refractivity contribution in [1.82, 2.24) is 14.9 Å². The molecule has 0 amide bonds. The van der Waals surface area contributed by atoms with Crippen LogP contribution in [-0.4, -0.2) is 16.1 Å². The number of aromatic nitrogens is 2. The average Bonchev–Trinajstić information content (AvgIpc) is 2.93. The fourth-order valence-electron chi connectivity index (χ4n) is 2.08. The van der Waals surface area contributed by atoms with E-state index in [0.29, 0.717) is 6.04 Å². The first-order chi connectivity index (χ1) is 8.90. The number of nitrogens with one attached hydrogen (secondary N) is 1. The lowest BCUT2D eigenvalue weighted by Gasteiger charge is -2.14. The van der Waals surface area contributed by atoms with Gasteiger partial charge >= 0.3 is 0 Å². The molecular formula is C14H19N3S. The molecule has 0 saturated carbocycles. The highest BCUT2D eigenvalue weighted by Crippen LogP contribution is 2.18. The van der Waals surface area contributed by atoms with Crippen LogP contribution in [-0.2, 0) is 6.42 Å². The summed E-state index contributed by atoms with van der Waals surface area (Å²) in [6.07, 6.45) is 3.40. The Morgan fingerprint density at radius 2 is 2.11 bits per heavy atom. The van der Waals surface area contributed by atoms with Gasteiger partial charge in [-0.3, -0.25) is 0 Å². The van der Waals surface area contributed by atoms with E-state index in [0.717, 1.165) is 25.1 Å². The van der Waals surface area contributed by atoms with Crippen LogP contribution in [0.1, 0.15) is 37.1 Å². The molecule has 0 aliphatic rings. The molecule has 1 aromatic carbocycles. The van der Waals surface area contributed by atoms with Crippen molar-refractivity contribution in [1.29, 1.82) is 0 Å². The van der Waals surface area contributed by atoms with Gasteiger partial charge in [0, 0.05) is 5.38 Å². The summed E-state index contributed by atoms with van der Waals surface area (Å²) < 4.78 is 3.94. The molecule has 4 heteroatoms. The monoisotopic (exact) mass is 261 g/mol. The molecule has 18 heavy (non-hydrogen) atoms. The van der Waals surface area contributed by atoms with E-state index in [4.69, 9.17) is 0 Å². The second kappa shape index (κ2) is 7.24. The second-order valence-corrected chi connectivity index (χ2v) is 4.93. The van der Waals surface area contributed by atoms with Crippen molar-refractivity contribution in [3.63, 3.8) is 0 Å². The van der Waals surface area contributed by atoms with Gasteiger partial charge in [0.1, 0.15) is 0 Å². The van der Waals surface area contributed by atoms with Gasteiger partial charge in [-0.25, -0.2) is 0 Å². The molecule has 0 spiro atoms. The lowest BCUT2D eigenvalue weighted by atomic mass is 10.0. The number of rotatable bonds is 7. The molecule has 3 nitrogen and oxygen atoms in total. The van der Waals surface area contributed by atoms with Crippen LogP contribution in [0.4, 0.5) is 0 Å². The summed E-state index contributed by atoms with van der Waals surface area (Å²) in [5, 5.41) is 9.68. The summed E-state index contributed by atoms with van der Waals surface area (Å²) in [6, 6.07) is 11.0. The minimum atomic E-state index is 0.345. The molecule has 2 rings (SSSR count). The van der Waals surface area contributed by atoms with Crippen LogP contribution in [0, 0.1) is 0 Å². The third-order valence-corrected chi connectivity index (χ3v) is 3.51. The molecule has 1 unspecified atom stereocenters. The highest BCUT2D eigenvalue weighted by Gasteiger charge is 2.12. The van der Waals surface area contributed by atoms with Gasteiger partial charge in [-0.15, -0.1) is 5.10 Å². The number of benzene rings is 1. The number of hydrogen-bond acceptors (Lipinski definition) is 4.